The second-order valence-electron chi connectivity index (χ2n) is 5.82. The van der Waals surface area contributed by atoms with Gasteiger partial charge in [-0.3, -0.25) is 9.10 Å². The van der Waals surface area contributed by atoms with E-state index in [-0.39, 0.29) is 18.9 Å². The molecule has 0 saturated carbocycles. The highest BCUT2D eigenvalue weighted by atomic mass is 32.2. The number of anilines is 1. The molecule has 0 bridgehead atoms. The summed E-state index contributed by atoms with van der Waals surface area (Å²) >= 11 is 0. The number of carbonyl (C=O) groups excluding carboxylic acids is 1. The van der Waals surface area contributed by atoms with Crippen molar-refractivity contribution >= 4 is 21.6 Å². The fraction of sp³-hybridized carbons (Fsp3) is 0.316. The Morgan fingerprint density at radius 3 is 2.38 bits per heavy atom. The van der Waals surface area contributed by atoms with Crippen LogP contribution in [0.3, 0.4) is 0 Å². The van der Waals surface area contributed by atoms with E-state index in [1.54, 1.807) is 36.4 Å². The van der Waals surface area contributed by atoms with Crippen LogP contribution in [-0.2, 0) is 14.8 Å². The van der Waals surface area contributed by atoms with E-state index >= 15 is 0 Å². The molecule has 0 radical (unpaired) electrons. The van der Waals surface area contributed by atoms with Crippen molar-refractivity contribution in [1.82, 2.24) is 5.32 Å². The number of hydrogen-bond acceptors (Lipinski definition) is 4. The number of benzene rings is 2. The van der Waals surface area contributed by atoms with E-state index in [1.165, 1.54) is 4.31 Å². The van der Waals surface area contributed by atoms with Crippen LogP contribution >= 0.6 is 0 Å². The first-order valence-electron chi connectivity index (χ1n) is 8.48. The monoisotopic (exact) mass is 376 g/mol. The normalized spacial score (nSPS) is 11.0. The molecule has 0 saturated heterocycles. The van der Waals surface area contributed by atoms with E-state index in [9.17, 15) is 13.2 Å². The van der Waals surface area contributed by atoms with Crippen LogP contribution in [0.15, 0.2) is 54.6 Å². The van der Waals surface area contributed by atoms with Gasteiger partial charge in [-0.15, -0.1) is 0 Å². The molecule has 1 N–H and O–H groups in total. The van der Waals surface area contributed by atoms with Crippen LogP contribution in [-0.4, -0.2) is 33.7 Å². The molecule has 0 aliphatic heterocycles. The molecule has 26 heavy (non-hydrogen) atoms. The quantitative estimate of drug-likeness (QED) is 0.729. The first-order valence-corrected chi connectivity index (χ1v) is 10.3. The van der Waals surface area contributed by atoms with Gasteiger partial charge in [0.25, 0.3) is 0 Å². The minimum atomic E-state index is -3.58. The average Bonchev–Trinajstić information content (AvgIpc) is 2.61. The molecule has 0 aliphatic carbocycles. The van der Waals surface area contributed by atoms with Gasteiger partial charge in [0.1, 0.15) is 5.75 Å². The van der Waals surface area contributed by atoms with Crippen molar-refractivity contribution in [2.24, 2.45) is 0 Å². The lowest BCUT2D eigenvalue weighted by Gasteiger charge is -2.24. The Kier molecular flexibility index (Phi) is 7.03. The second-order valence-corrected chi connectivity index (χ2v) is 7.72. The number of para-hydroxylation sites is 3. The average molecular weight is 376 g/mol. The number of nitrogens with zero attached hydrogens (tertiary/aromatic N) is 1. The van der Waals surface area contributed by atoms with Gasteiger partial charge in [0.2, 0.25) is 15.9 Å². The molecule has 0 aromatic heterocycles. The Morgan fingerprint density at radius 1 is 1.08 bits per heavy atom. The van der Waals surface area contributed by atoms with Crippen LogP contribution < -0.4 is 14.4 Å². The lowest BCUT2D eigenvalue weighted by atomic mass is 10.2. The van der Waals surface area contributed by atoms with Crippen molar-refractivity contribution in [2.45, 2.75) is 19.8 Å². The van der Waals surface area contributed by atoms with Crippen LogP contribution in [0.5, 0.6) is 11.5 Å². The third-order valence-electron chi connectivity index (χ3n) is 3.62. The smallest absolute Gasteiger partial charge is 0.232 e. The van der Waals surface area contributed by atoms with Gasteiger partial charge >= 0.3 is 0 Å². The molecule has 0 spiro atoms. The number of hydrogen-bond donors (Lipinski definition) is 1. The zero-order valence-corrected chi connectivity index (χ0v) is 15.8. The number of rotatable bonds is 9. The summed E-state index contributed by atoms with van der Waals surface area (Å²) in [5, 5.41) is 2.75. The van der Waals surface area contributed by atoms with Crippen molar-refractivity contribution in [3.05, 3.63) is 54.6 Å². The SMILES string of the molecule is CCCNC(=O)CCN(c1ccccc1Oc1ccccc1)S(C)(=O)=O. The molecular formula is C19H24N2O4S. The summed E-state index contributed by atoms with van der Waals surface area (Å²) in [6.07, 6.45) is 2.03. The molecule has 6 nitrogen and oxygen atoms in total. The topological polar surface area (TPSA) is 75.7 Å². The summed E-state index contributed by atoms with van der Waals surface area (Å²) in [6.45, 7) is 2.58. The van der Waals surface area contributed by atoms with Crippen molar-refractivity contribution in [2.75, 3.05) is 23.7 Å². The fourth-order valence-electron chi connectivity index (χ4n) is 2.39. The van der Waals surface area contributed by atoms with Crippen LogP contribution in [0.25, 0.3) is 0 Å². The molecule has 0 unspecified atom stereocenters. The highest BCUT2D eigenvalue weighted by Gasteiger charge is 2.22. The molecular weight excluding hydrogens is 352 g/mol. The molecule has 2 rings (SSSR count). The van der Waals surface area contributed by atoms with E-state index in [4.69, 9.17) is 4.74 Å². The van der Waals surface area contributed by atoms with E-state index in [2.05, 4.69) is 5.32 Å². The Labute approximate surface area is 154 Å². The lowest BCUT2D eigenvalue weighted by molar-refractivity contribution is -0.120. The largest absolute Gasteiger partial charge is 0.455 e. The first-order chi connectivity index (χ1) is 12.4. The molecule has 0 fully saturated rings. The van der Waals surface area contributed by atoms with Crippen molar-refractivity contribution in [1.29, 1.82) is 0 Å². The van der Waals surface area contributed by atoms with Crippen molar-refractivity contribution in [3.8, 4) is 11.5 Å². The molecule has 0 atom stereocenters. The lowest BCUT2D eigenvalue weighted by Crippen LogP contribution is -2.35. The molecule has 2 aromatic rings. The van der Waals surface area contributed by atoms with Gasteiger partial charge in [-0.25, -0.2) is 8.42 Å². The summed E-state index contributed by atoms with van der Waals surface area (Å²) in [5.74, 6) is 0.842. The van der Waals surface area contributed by atoms with E-state index in [1.807, 2.05) is 25.1 Å². The summed E-state index contributed by atoms with van der Waals surface area (Å²) in [7, 11) is -3.58. The summed E-state index contributed by atoms with van der Waals surface area (Å²) in [4.78, 5) is 11.9. The summed E-state index contributed by atoms with van der Waals surface area (Å²) in [6, 6.07) is 16.0. The standard InChI is InChI=1S/C19H24N2O4S/c1-3-14-20-19(22)13-15-21(26(2,23)24)17-11-7-8-12-18(17)25-16-9-5-4-6-10-16/h4-12H,3,13-15H2,1-2H3,(H,20,22). The highest BCUT2D eigenvalue weighted by molar-refractivity contribution is 7.92. The van der Waals surface area contributed by atoms with Gasteiger partial charge in [-0.2, -0.15) is 0 Å². The van der Waals surface area contributed by atoms with E-state index < -0.39 is 10.0 Å². The fourth-order valence-corrected chi connectivity index (χ4v) is 3.32. The van der Waals surface area contributed by atoms with Crippen LogP contribution in [0.1, 0.15) is 19.8 Å². The van der Waals surface area contributed by atoms with Gasteiger partial charge in [0.05, 0.1) is 11.9 Å². The third-order valence-corrected chi connectivity index (χ3v) is 4.80. The Hall–Kier alpha value is -2.54. The maximum atomic E-state index is 12.3. The molecule has 7 heteroatoms. The zero-order valence-electron chi connectivity index (χ0n) is 15.0. The number of ether oxygens (including phenoxy) is 1. The van der Waals surface area contributed by atoms with Gasteiger partial charge in [-0.05, 0) is 30.7 Å². The summed E-state index contributed by atoms with van der Waals surface area (Å²) in [5.41, 5.74) is 0.405. The number of sulfonamides is 1. The predicted molar refractivity (Wildman–Crippen MR) is 103 cm³/mol. The molecule has 0 aliphatic rings. The third kappa shape index (κ3) is 5.77. The minimum Gasteiger partial charge on any atom is -0.455 e. The highest BCUT2D eigenvalue weighted by Crippen LogP contribution is 2.33. The van der Waals surface area contributed by atoms with E-state index in [0.717, 1.165) is 12.7 Å². The van der Waals surface area contributed by atoms with Gasteiger partial charge in [0.15, 0.2) is 5.75 Å². The van der Waals surface area contributed by atoms with Crippen molar-refractivity contribution in [3.63, 3.8) is 0 Å². The minimum absolute atomic E-state index is 0.0452. The Balaban J connectivity index is 2.24. The maximum absolute atomic E-state index is 12.3. The first kappa shape index (κ1) is 19.8. The Bertz CT molecular complexity index is 822. The van der Waals surface area contributed by atoms with Gasteiger partial charge in [-0.1, -0.05) is 37.3 Å². The number of nitrogens with one attached hydrogen (secondary N) is 1. The van der Waals surface area contributed by atoms with Gasteiger partial charge in [0, 0.05) is 19.5 Å². The van der Waals surface area contributed by atoms with Crippen LogP contribution in [0, 0.1) is 0 Å². The van der Waals surface area contributed by atoms with Crippen LogP contribution in [0.4, 0.5) is 5.69 Å². The number of amides is 1. The zero-order chi connectivity index (χ0) is 19.0. The molecule has 0 heterocycles. The summed E-state index contributed by atoms with van der Waals surface area (Å²) < 4.78 is 31.7. The molecule has 2 aromatic carbocycles. The molecule has 140 valence electrons. The molecule has 1 amide bonds. The maximum Gasteiger partial charge on any atom is 0.232 e. The Morgan fingerprint density at radius 2 is 1.73 bits per heavy atom. The predicted octanol–water partition coefficient (Wildman–Crippen LogP) is 3.16. The van der Waals surface area contributed by atoms with Crippen molar-refractivity contribution < 1.29 is 17.9 Å². The van der Waals surface area contributed by atoms with Crippen LogP contribution in [0.2, 0.25) is 0 Å². The van der Waals surface area contributed by atoms with E-state index in [0.29, 0.717) is 23.7 Å². The van der Waals surface area contributed by atoms with Gasteiger partial charge < -0.3 is 10.1 Å². The number of carbonyl (C=O) groups is 1. The second kappa shape index (κ2) is 9.24.